The van der Waals surface area contributed by atoms with Gasteiger partial charge in [0.05, 0.1) is 0 Å². The topological polar surface area (TPSA) is 58.1 Å². The SMILES string of the molecule is CCN(CC)C(=O)c1ccc(Nc2ccccc2C(C)C)nn1. The maximum Gasteiger partial charge on any atom is 0.274 e. The summed E-state index contributed by atoms with van der Waals surface area (Å²) in [7, 11) is 0. The predicted molar refractivity (Wildman–Crippen MR) is 93.1 cm³/mol. The van der Waals surface area contributed by atoms with Gasteiger partial charge in [0.25, 0.3) is 5.91 Å². The van der Waals surface area contributed by atoms with Crippen molar-refractivity contribution >= 4 is 17.4 Å². The van der Waals surface area contributed by atoms with Gasteiger partial charge in [0, 0.05) is 18.8 Å². The van der Waals surface area contributed by atoms with Crippen LogP contribution in [-0.2, 0) is 0 Å². The van der Waals surface area contributed by atoms with E-state index in [0.717, 1.165) is 5.69 Å². The quantitative estimate of drug-likeness (QED) is 0.881. The number of para-hydroxylation sites is 1. The van der Waals surface area contributed by atoms with Crippen molar-refractivity contribution in [1.82, 2.24) is 15.1 Å². The number of aromatic nitrogens is 2. The Kier molecular flexibility index (Phi) is 5.68. The molecule has 0 bridgehead atoms. The molecule has 0 aliphatic heterocycles. The Hall–Kier alpha value is -2.43. The van der Waals surface area contributed by atoms with Gasteiger partial charge in [-0.05, 0) is 43.5 Å². The standard InChI is InChI=1S/C18H24N4O/c1-5-22(6-2)18(23)16-11-12-17(21-20-16)19-15-10-8-7-9-14(15)13(3)4/h7-13H,5-6H2,1-4H3,(H,19,21). The first-order valence-electron chi connectivity index (χ1n) is 8.05. The largest absolute Gasteiger partial charge is 0.338 e. The number of nitrogens with one attached hydrogen (secondary N) is 1. The number of carbonyl (C=O) groups excluding carboxylic acids is 1. The van der Waals surface area contributed by atoms with Gasteiger partial charge in [-0.1, -0.05) is 32.0 Å². The monoisotopic (exact) mass is 312 g/mol. The van der Waals surface area contributed by atoms with Gasteiger partial charge in [-0.3, -0.25) is 4.79 Å². The number of carbonyl (C=O) groups is 1. The molecule has 2 aromatic rings. The smallest absolute Gasteiger partial charge is 0.274 e. The van der Waals surface area contributed by atoms with Crippen molar-refractivity contribution < 1.29 is 4.79 Å². The zero-order valence-corrected chi connectivity index (χ0v) is 14.2. The van der Waals surface area contributed by atoms with Gasteiger partial charge in [0.1, 0.15) is 0 Å². The number of rotatable bonds is 6. The van der Waals surface area contributed by atoms with Gasteiger partial charge < -0.3 is 10.2 Å². The van der Waals surface area contributed by atoms with Gasteiger partial charge >= 0.3 is 0 Å². The minimum absolute atomic E-state index is 0.0865. The lowest BCUT2D eigenvalue weighted by atomic mass is 10.0. The van der Waals surface area contributed by atoms with E-state index in [0.29, 0.717) is 30.5 Å². The van der Waals surface area contributed by atoms with Gasteiger partial charge in [-0.25, -0.2) is 0 Å². The van der Waals surface area contributed by atoms with Gasteiger partial charge in [-0.15, -0.1) is 10.2 Å². The molecular weight excluding hydrogens is 288 g/mol. The summed E-state index contributed by atoms with van der Waals surface area (Å²) in [6.45, 7) is 9.54. The first-order valence-corrected chi connectivity index (χ1v) is 8.05. The lowest BCUT2D eigenvalue weighted by Crippen LogP contribution is -2.31. The van der Waals surface area contributed by atoms with E-state index in [1.807, 2.05) is 32.0 Å². The average molecular weight is 312 g/mol. The molecule has 1 aromatic heterocycles. The van der Waals surface area contributed by atoms with Crippen molar-refractivity contribution in [3.05, 3.63) is 47.7 Å². The van der Waals surface area contributed by atoms with E-state index in [1.165, 1.54) is 5.56 Å². The number of nitrogens with zero attached hydrogens (tertiary/aromatic N) is 3. The maximum absolute atomic E-state index is 12.2. The van der Waals surface area contributed by atoms with E-state index in [2.05, 4.69) is 35.4 Å². The van der Waals surface area contributed by atoms with Crippen LogP contribution in [0.5, 0.6) is 0 Å². The molecule has 1 heterocycles. The molecule has 1 aromatic carbocycles. The minimum Gasteiger partial charge on any atom is -0.338 e. The van der Waals surface area contributed by atoms with Crippen molar-refractivity contribution in [2.24, 2.45) is 0 Å². The first-order chi connectivity index (χ1) is 11.1. The van der Waals surface area contributed by atoms with Crippen LogP contribution in [0.2, 0.25) is 0 Å². The molecule has 5 heteroatoms. The van der Waals surface area contributed by atoms with E-state index in [1.54, 1.807) is 17.0 Å². The molecule has 0 aliphatic rings. The first kappa shape index (κ1) is 16.9. The van der Waals surface area contributed by atoms with Crippen LogP contribution in [0, 0.1) is 0 Å². The lowest BCUT2D eigenvalue weighted by molar-refractivity contribution is 0.0766. The summed E-state index contributed by atoms with van der Waals surface area (Å²) in [6, 6.07) is 11.6. The van der Waals surface area contributed by atoms with Gasteiger partial charge in [0.2, 0.25) is 0 Å². The lowest BCUT2D eigenvalue weighted by Gasteiger charge is -2.18. The molecule has 0 fully saturated rings. The molecule has 0 radical (unpaired) electrons. The Labute approximate surface area is 137 Å². The highest BCUT2D eigenvalue weighted by Gasteiger charge is 2.14. The molecule has 1 N–H and O–H groups in total. The molecule has 0 atom stereocenters. The van der Waals surface area contributed by atoms with Crippen molar-refractivity contribution in [1.29, 1.82) is 0 Å². The fraction of sp³-hybridized carbons (Fsp3) is 0.389. The zero-order chi connectivity index (χ0) is 16.8. The molecular formula is C18H24N4O. The van der Waals surface area contributed by atoms with Crippen LogP contribution in [0.15, 0.2) is 36.4 Å². The van der Waals surface area contributed by atoms with Crippen LogP contribution in [0.25, 0.3) is 0 Å². The number of hydrogen-bond acceptors (Lipinski definition) is 4. The Bertz CT molecular complexity index is 648. The van der Waals surface area contributed by atoms with Crippen LogP contribution >= 0.6 is 0 Å². The molecule has 122 valence electrons. The third-order valence-electron chi connectivity index (χ3n) is 3.78. The van der Waals surface area contributed by atoms with E-state index < -0.39 is 0 Å². The van der Waals surface area contributed by atoms with Crippen molar-refractivity contribution in [3.63, 3.8) is 0 Å². The second-order valence-corrected chi connectivity index (χ2v) is 5.65. The fourth-order valence-electron chi connectivity index (χ4n) is 2.44. The molecule has 0 saturated carbocycles. The second-order valence-electron chi connectivity index (χ2n) is 5.65. The van der Waals surface area contributed by atoms with E-state index in [9.17, 15) is 4.79 Å². The van der Waals surface area contributed by atoms with E-state index >= 15 is 0 Å². The predicted octanol–water partition coefficient (Wildman–Crippen LogP) is 3.83. The third-order valence-corrected chi connectivity index (χ3v) is 3.78. The molecule has 1 amide bonds. The highest BCUT2D eigenvalue weighted by atomic mass is 16.2. The molecule has 0 spiro atoms. The number of anilines is 2. The fourth-order valence-corrected chi connectivity index (χ4v) is 2.44. The van der Waals surface area contributed by atoms with E-state index in [4.69, 9.17) is 0 Å². The highest BCUT2D eigenvalue weighted by Crippen LogP contribution is 2.25. The Morgan fingerprint density at radius 2 is 1.78 bits per heavy atom. The number of benzene rings is 1. The van der Waals surface area contributed by atoms with Crippen molar-refractivity contribution in [2.75, 3.05) is 18.4 Å². The average Bonchev–Trinajstić information content (AvgIpc) is 2.57. The maximum atomic E-state index is 12.2. The minimum atomic E-state index is -0.0865. The summed E-state index contributed by atoms with van der Waals surface area (Å²) < 4.78 is 0. The number of hydrogen-bond donors (Lipinski definition) is 1. The van der Waals surface area contributed by atoms with Crippen LogP contribution in [0.4, 0.5) is 11.5 Å². The molecule has 0 unspecified atom stereocenters. The van der Waals surface area contributed by atoms with Crippen molar-refractivity contribution in [3.8, 4) is 0 Å². The molecule has 2 rings (SSSR count). The Morgan fingerprint density at radius 1 is 1.09 bits per heavy atom. The summed E-state index contributed by atoms with van der Waals surface area (Å²) in [5.74, 6) is 0.959. The van der Waals surface area contributed by atoms with Crippen LogP contribution in [-0.4, -0.2) is 34.1 Å². The van der Waals surface area contributed by atoms with Crippen LogP contribution < -0.4 is 5.32 Å². The van der Waals surface area contributed by atoms with Gasteiger partial charge in [0.15, 0.2) is 11.5 Å². The van der Waals surface area contributed by atoms with Crippen LogP contribution in [0.1, 0.15) is 49.7 Å². The van der Waals surface area contributed by atoms with Gasteiger partial charge in [-0.2, -0.15) is 0 Å². The summed E-state index contributed by atoms with van der Waals surface area (Å²) in [4.78, 5) is 14.0. The normalized spacial score (nSPS) is 10.7. The van der Waals surface area contributed by atoms with Crippen molar-refractivity contribution in [2.45, 2.75) is 33.6 Å². The third kappa shape index (κ3) is 4.06. The zero-order valence-electron chi connectivity index (χ0n) is 14.2. The van der Waals surface area contributed by atoms with E-state index in [-0.39, 0.29) is 5.91 Å². The summed E-state index contributed by atoms with van der Waals surface area (Å²) in [6.07, 6.45) is 0. The summed E-state index contributed by atoms with van der Waals surface area (Å²) in [5.41, 5.74) is 2.61. The number of amides is 1. The Morgan fingerprint density at radius 3 is 2.35 bits per heavy atom. The molecule has 0 aliphatic carbocycles. The molecule has 5 nitrogen and oxygen atoms in total. The summed E-state index contributed by atoms with van der Waals surface area (Å²) >= 11 is 0. The second kappa shape index (κ2) is 7.72. The Balaban J connectivity index is 2.16. The highest BCUT2D eigenvalue weighted by molar-refractivity contribution is 5.92. The molecule has 0 saturated heterocycles. The molecule has 23 heavy (non-hydrogen) atoms. The summed E-state index contributed by atoms with van der Waals surface area (Å²) in [5, 5.41) is 11.5. The van der Waals surface area contributed by atoms with Crippen LogP contribution in [0.3, 0.4) is 0 Å².